The fourth-order valence-electron chi connectivity index (χ4n) is 2.19. The average molecular weight is 284 g/mol. The Balaban J connectivity index is 1.92. The number of nitrogens with zero attached hydrogens (tertiary/aromatic N) is 2. The third-order valence-corrected chi connectivity index (χ3v) is 4.67. The molecule has 19 heavy (non-hydrogen) atoms. The summed E-state index contributed by atoms with van der Waals surface area (Å²) in [7, 11) is -3.07. The molecule has 2 heterocycles. The summed E-state index contributed by atoms with van der Waals surface area (Å²) in [5.74, 6) is 0.636. The first kappa shape index (κ1) is 14.3. The van der Waals surface area contributed by atoms with Gasteiger partial charge < -0.3 is 4.74 Å². The quantitative estimate of drug-likeness (QED) is 0.839. The minimum atomic E-state index is -3.07. The summed E-state index contributed by atoms with van der Waals surface area (Å²) in [6.45, 7) is 3.14. The molecule has 0 bridgehead atoms. The van der Waals surface area contributed by atoms with Gasteiger partial charge in [-0.25, -0.2) is 17.7 Å². The van der Waals surface area contributed by atoms with Crippen LogP contribution < -0.4 is 4.74 Å². The molecule has 1 aromatic rings. The minimum Gasteiger partial charge on any atom is -0.474 e. The van der Waals surface area contributed by atoms with Gasteiger partial charge in [-0.1, -0.05) is 6.92 Å². The lowest BCUT2D eigenvalue weighted by atomic mass is 10.1. The average Bonchev–Trinajstić information content (AvgIpc) is 2.38. The minimum absolute atomic E-state index is 0.0533. The highest BCUT2D eigenvalue weighted by atomic mass is 32.2. The first-order valence-electron chi connectivity index (χ1n) is 6.55. The third kappa shape index (κ3) is 3.91. The fraction of sp³-hybridized carbons (Fsp3) is 0.615. The molecule has 2 rings (SSSR count). The van der Waals surface area contributed by atoms with E-state index in [9.17, 15) is 8.42 Å². The fourth-order valence-corrected chi connectivity index (χ4v) is 3.06. The first-order chi connectivity index (χ1) is 8.99. The summed E-state index contributed by atoms with van der Waals surface area (Å²) < 4.78 is 30.1. The van der Waals surface area contributed by atoms with Crippen LogP contribution in [0.1, 0.15) is 25.3 Å². The highest BCUT2D eigenvalue weighted by molar-refractivity contribution is 7.88. The first-order valence-corrected chi connectivity index (χ1v) is 8.40. The van der Waals surface area contributed by atoms with Crippen LogP contribution in [0.2, 0.25) is 0 Å². The number of piperidine rings is 1. The second kappa shape index (κ2) is 5.88. The van der Waals surface area contributed by atoms with E-state index in [1.54, 1.807) is 6.20 Å². The third-order valence-electron chi connectivity index (χ3n) is 3.36. The molecule has 0 radical (unpaired) electrons. The summed E-state index contributed by atoms with van der Waals surface area (Å²) in [6.07, 6.45) is 5.43. The molecule has 0 spiro atoms. The standard InChI is InChI=1S/C13H20N2O3S/c1-3-11-4-7-14-13(10-11)18-12-5-8-15(9-6-12)19(2,16)17/h4,7,10,12H,3,5-6,8-9H2,1-2H3. The van der Waals surface area contributed by atoms with Crippen molar-refractivity contribution in [2.45, 2.75) is 32.3 Å². The lowest BCUT2D eigenvalue weighted by Gasteiger charge is -2.30. The van der Waals surface area contributed by atoms with E-state index in [-0.39, 0.29) is 6.10 Å². The summed E-state index contributed by atoms with van der Waals surface area (Å²) in [6, 6.07) is 3.92. The SMILES string of the molecule is CCc1ccnc(OC2CCN(S(C)(=O)=O)CC2)c1. The number of aromatic nitrogens is 1. The van der Waals surface area contributed by atoms with E-state index in [0.29, 0.717) is 31.8 Å². The molecule has 1 fully saturated rings. The van der Waals surface area contributed by atoms with Crippen molar-refractivity contribution in [1.82, 2.24) is 9.29 Å². The van der Waals surface area contributed by atoms with Gasteiger partial charge in [-0.05, 0) is 30.9 Å². The van der Waals surface area contributed by atoms with E-state index in [0.717, 1.165) is 6.42 Å². The van der Waals surface area contributed by atoms with E-state index in [4.69, 9.17) is 4.74 Å². The van der Waals surface area contributed by atoms with Crippen LogP contribution in [0.3, 0.4) is 0 Å². The number of aryl methyl sites for hydroxylation is 1. The van der Waals surface area contributed by atoms with Gasteiger partial charge in [0, 0.05) is 25.4 Å². The molecule has 0 atom stereocenters. The molecule has 5 nitrogen and oxygen atoms in total. The van der Waals surface area contributed by atoms with E-state index in [1.807, 2.05) is 12.1 Å². The molecule has 0 aliphatic carbocycles. The van der Waals surface area contributed by atoms with Crippen LogP contribution in [0.15, 0.2) is 18.3 Å². The zero-order valence-corrected chi connectivity index (χ0v) is 12.2. The molecule has 0 amide bonds. The maximum absolute atomic E-state index is 11.4. The number of rotatable bonds is 4. The molecule has 0 aromatic carbocycles. The Kier molecular flexibility index (Phi) is 4.42. The molecule has 1 saturated heterocycles. The van der Waals surface area contributed by atoms with Crippen LogP contribution in [0.4, 0.5) is 0 Å². The van der Waals surface area contributed by atoms with E-state index >= 15 is 0 Å². The topological polar surface area (TPSA) is 59.5 Å². The van der Waals surface area contributed by atoms with Gasteiger partial charge in [-0.2, -0.15) is 0 Å². The Hall–Kier alpha value is -1.14. The Bertz CT molecular complexity index is 522. The Morgan fingerprint density at radius 1 is 1.42 bits per heavy atom. The van der Waals surface area contributed by atoms with E-state index in [2.05, 4.69) is 11.9 Å². The maximum Gasteiger partial charge on any atom is 0.213 e. The molecular weight excluding hydrogens is 264 g/mol. The Morgan fingerprint density at radius 3 is 2.68 bits per heavy atom. The van der Waals surface area contributed by atoms with Crippen LogP contribution in [0, 0.1) is 0 Å². The lowest BCUT2D eigenvalue weighted by Crippen LogP contribution is -2.41. The summed E-state index contributed by atoms with van der Waals surface area (Å²) in [5, 5.41) is 0. The highest BCUT2D eigenvalue weighted by Crippen LogP contribution is 2.19. The number of ether oxygens (including phenoxy) is 1. The summed E-state index contributed by atoms with van der Waals surface area (Å²) in [4.78, 5) is 4.20. The van der Waals surface area contributed by atoms with Gasteiger partial charge in [-0.3, -0.25) is 0 Å². The Morgan fingerprint density at radius 2 is 2.11 bits per heavy atom. The molecule has 0 saturated carbocycles. The largest absolute Gasteiger partial charge is 0.474 e. The molecule has 1 aliphatic heterocycles. The molecule has 0 unspecified atom stereocenters. The van der Waals surface area contributed by atoms with Crippen molar-refractivity contribution in [1.29, 1.82) is 0 Å². The second-order valence-corrected chi connectivity index (χ2v) is 6.82. The second-order valence-electron chi connectivity index (χ2n) is 4.84. The number of sulfonamides is 1. The van der Waals surface area contributed by atoms with Gasteiger partial charge in [0.05, 0.1) is 6.26 Å². The van der Waals surface area contributed by atoms with Crippen LogP contribution in [-0.2, 0) is 16.4 Å². The normalized spacial score (nSPS) is 18.4. The van der Waals surface area contributed by atoms with Crippen molar-refractivity contribution in [2.24, 2.45) is 0 Å². The van der Waals surface area contributed by atoms with Crippen molar-refractivity contribution >= 4 is 10.0 Å². The van der Waals surface area contributed by atoms with Crippen molar-refractivity contribution in [3.05, 3.63) is 23.9 Å². The lowest BCUT2D eigenvalue weighted by molar-refractivity contribution is 0.130. The number of hydrogen-bond donors (Lipinski definition) is 0. The smallest absolute Gasteiger partial charge is 0.213 e. The van der Waals surface area contributed by atoms with Gasteiger partial charge in [-0.15, -0.1) is 0 Å². The number of hydrogen-bond acceptors (Lipinski definition) is 4. The molecule has 1 aromatic heterocycles. The highest BCUT2D eigenvalue weighted by Gasteiger charge is 2.26. The van der Waals surface area contributed by atoms with Crippen molar-refractivity contribution in [3.63, 3.8) is 0 Å². The zero-order chi connectivity index (χ0) is 13.9. The predicted molar refractivity (Wildman–Crippen MR) is 73.7 cm³/mol. The number of pyridine rings is 1. The van der Waals surface area contributed by atoms with Crippen LogP contribution in [0.25, 0.3) is 0 Å². The van der Waals surface area contributed by atoms with E-state index in [1.165, 1.54) is 16.1 Å². The van der Waals surface area contributed by atoms with Crippen molar-refractivity contribution < 1.29 is 13.2 Å². The maximum atomic E-state index is 11.4. The molecule has 0 N–H and O–H groups in total. The van der Waals surface area contributed by atoms with Gasteiger partial charge in [0.1, 0.15) is 6.10 Å². The van der Waals surface area contributed by atoms with Crippen LogP contribution in [-0.4, -0.2) is 43.2 Å². The Labute approximate surface area is 114 Å². The van der Waals surface area contributed by atoms with Crippen molar-refractivity contribution in [2.75, 3.05) is 19.3 Å². The summed E-state index contributed by atoms with van der Waals surface area (Å²) >= 11 is 0. The van der Waals surface area contributed by atoms with Gasteiger partial charge >= 0.3 is 0 Å². The molecule has 106 valence electrons. The monoisotopic (exact) mass is 284 g/mol. The molecule has 6 heteroatoms. The van der Waals surface area contributed by atoms with Crippen molar-refractivity contribution in [3.8, 4) is 5.88 Å². The van der Waals surface area contributed by atoms with Gasteiger partial charge in [0.15, 0.2) is 0 Å². The molecular formula is C13H20N2O3S. The van der Waals surface area contributed by atoms with Gasteiger partial charge in [0.25, 0.3) is 0 Å². The predicted octanol–water partition coefficient (Wildman–Crippen LogP) is 1.45. The van der Waals surface area contributed by atoms with Crippen LogP contribution in [0.5, 0.6) is 5.88 Å². The molecule has 1 aliphatic rings. The van der Waals surface area contributed by atoms with E-state index < -0.39 is 10.0 Å². The zero-order valence-electron chi connectivity index (χ0n) is 11.4. The summed E-state index contributed by atoms with van der Waals surface area (Å²) in [5.41, 5.74) is 1.19. The van der Waals surface area contributed by atoms with Crippen LogP contribution >= 0.6 is 0 Å². The van der Waals surface area contributed by atoms with Gasteiger partial charge in [0.2, 0.25) is 15.9 Å².